The zero-order chi connectivity index (χ0) is 8.39. The second-order valence-electron chi connectivity index (χ2n) is 3.31. The van der Waals surface area contributed by atoms with Gasteiger partial charge in [-0.25, -0.2) is 0 Å². The second kappa shape index (κ2) is 2.98. The fourth-order valence-corrected chi connectivity index (χ4v) is 1.29. The van der Waals surface area contributed by atoms with Gasteiger partial charge in [0.2, 0.25) is 0 Å². The Morgan fingerprint density at radius 3 is 3.17 bits per heavy atom. The van der Waals surface area contributed by atoms with E-state index >= 15 is 0 Å². The van der Waals surface area contributed by atoms with E-state index in [-0.39, 0.29) is 0 Å². The molecule has 2 rings (SSSR count). The highest BCUT2D eigenvalue weighted by Gasteiger charge is 2.22. The fourth-order valence-electron chi connectivity index (χ4n) is 1.29. The standard InChI is InChI=1S/C9H11N3/c10-4-6-12-5-3-9(11-12)7-8-1-2-8/h3,5,8H,1-2,6-7H2. The van der Waals surface area contributed by atoms with E-state index in [1.807, 2.05) is 12.3 Å². The summed E-state index contributed by atoms with van der Waals surface area (Å²) < 4.78 is 1.69. The Morgan fingerprint density at radius 1 is 1.67 bits per heavy atom. The minimum atomic E-state index is 0.366. The van der Waals surface area contributed by atoms with Gasteiger partial charge in [0.15, 0.2) is 0 Å². The molecule has 0 saturated heterocycles. The third-order valence-corrected chi connectivity index (χ3v) is 2.12. The molecule has 3 nitrogen and oxygen atoms in total. The van der Waals surface area contributed by atoms with Gasteiger partial charge in [-0.1, -0.05) is 0 Å². The Morgan fingerprint density at radius 2 is 2.50 bits per heavy atom. The highest BCUT2D eigenvalue weighted by atomic mass is 15.3. The lowest BCUT2D eigenvalue weighted by atomic mass is 10.2. The molecule has 1 aromatic heterocycles. The van der Waals surface area contributed by atoms with E-state index in [0.717, 1.165) is 18.0 Å². The largest absolute Gasteiger partial charge is 0.258 e. The zero-order valence-electron chi connectivity index (χ0n) is 6.90. The topological polar surface area (TPSA) is 41.6 Å². The molecule has 1 heterocycles. The summed E-state index contributed by atoms with van der Waals surface area (Å²) in [5, 5.41) is 12.7. The molecule has 1 fully saturated rings. The molecule has 12 heavy (non-hydrogen) atoms. The maximum absolute atomic E-state index is 8.41. The molecule has 1 saturated carbocycles. The van der Waals surface area contributed by atoms with Crippen LogP contribution >= 0.6 is 0 Å². The van der Waals surface area contributed by atoms with E-state index < -0.39 is 0 Å². The first kappa shape index (κ1) is 7.35. The van der Waals surface area contributed by atoms with E-state index in [4.69, 9.17) is 5.26 Å². The average Bonchev–Trinajstić information content (AvgIpc) is 2.74. The van der Waals surface area contributed by atoms with Crippen LogP contribution in [0.15, 0.2) is 12.3 Å². The number of aromatic nitrogens is 2. The van der Waals surface area contributed by atoms with Crippen LogP contribution in [0.3, 0.4) is 0 Å². The number of nitrogens with zero attached hydrogens (tertiary/aromatic N) is 3. The molecule has 1 aliphatic carbocycles. The van der Waals surface area contributed by atoms with Crippen LogP contribution in [0.1, 0.15) is 18.5 Å². The van der Waals surface area contributed by atoms with Gasteiger partial charge in [0, 0.05) is 6.20 Å². The van der Waals surface area contributed by atoms with Gasteiger partial charge < -0.3 is 0 Å². The molecule has 0 N–H and O–H groups in total. The van der Waals surface area contributed by atoms with Crippen molar-refractivity contribution in [2.24, 2.45) is 5.92 Å². The van der Waals surface area contributed by atoms with Gasteiger partial charge in [0.05, 0.1) is 11.8 Å². The average molecular weight is 161 g/mol. The van der Waals surface area contributed by atoms with Crippen LogP contribution in [0.4, 0.5) is 0 Å². The van der Waals surface area contributed by atoms with Gasteiger partial charge in [0.25, 0.3) is 0 Å². The van der Waals surface area contributed by atoms with Crippen LogP contribution in [0.25, 0.3) is 0 Å². The third kappa shape index (κ3) is 1.65. The quantitative estimate of drug-likeness (QED) is 0.671. The SMILES string of the molecule is N#CCn1ccc(CC2CC2)n1. The van der Waals surface area contributed by atoms with E-state index in [0.29, 0.717) is 6.54 Å². The lowest BCUT2D eigenvalue weighted by Gasteiger charge is -1.91. The molecule has 0 atom stereocenters. The van der Waals surface area contributed by atoms with E-state index in [9.17, 15) is 0 Å². The Balaban J connectivity index is 1.98. The fraction of sp³-hybridized carbons (Fsp3) is 0.556. The van der Waals surface area contributed by atoms with Crippen molar-refractivity contribution >= 4 is 0 Å². The summed E-state index contributed by atoms with van der Waals surface area (Å²) in [6, 6.07) is 4.08. The molecular weight excluding hydrogens is 150 g/mol. The molecule has 0 aliphatic heterocycles. The summed E-state index contributed by atoms with van der Waals surface area (Å²) in [5.74, 6) is 0.871. The van der Waals surface area contributed by atoms with Crippen molar-refractivity contribution in [3.05, 3.63) is 18.0 Å². The highest BCUT2D eigenvalue weighted by molar-refractivity contribution is 5.02. The molecule has 0 unspecified atom stereocenters. The molecule has 3 heteroatoms. The molecule has 1 aromatic rings. The number of hydrogen-bond donors (Lipinski definition) is 0. The van der Waals surface area contributed by atoms with Crippen molar-refractivity contribution in [1.29, 1.82) is 5.26 Å². The van der Waals surface area contributed by atoms with Crippen molar-refractivity contribution in [3.63, 3.8) is 0 Å². The predicted octanol–water partition coefficient (Wildman–Crippen LogP) is 1.36. The lowest BCUT2D eigenvalue weighted by molar-refractivity contribution is 0.678. The van der Waals surface area contributed by atoms with Crippen molar-refractivity contribution in [2.75, 3.05) is 0 Å². The summed E-state index contributed by atoms with van der Waals surface area (Å²) >= 11 is 0. The van der Waals surface area contributed by atoms with E-state index in [1.165, 1.54) is 12.8 Å². The van der Waals surface area contributed by atoms with Crippen molar-refractivity contribution in [2.45, 2.75) is 25.8 Å². The molecule has 0 aromatic carbocycles. The first-order valence-corrected chi connectivity index (χ1v) is 4.28. The molecule has 0 radical (unpaired) electrons. The van der Waals surface area contributed by atoms with Crippen LogP contribution in [0, 0.1) is 17.2 Å². The maximum atomic E-state index is 8.41. The summed E-state index contributed by atoms with van der Waals surface area (Å²) in [7, 11) is 0. The summed E-state index contributed by atoms with van der Waals surface area (Å²) in [5.41, 5.74) is 1.13. The second-order valence-corrected chi connectivity index (χ2v) is 3.31. The Labute approximate surface area is 71.6 Å². The lowest BCUT2D eigenvalue weighted by Crippen LogP contribution is -1.97. The first-order chi connectivity index (χ1) is 5.88. The van der Waals surface area contributed by atoms with Gasteiger partial charge >= 0.3 is 0 Å². The highest BCUT2D eigenvalue weighted by Crippen LogP contribution is 2.31. The van der Waals surface area contributed by atoms with Gasteiger partial charge in [-0.15, -0.1) is 0 Å². The number of hydrogen-bond acceptors (Lipinski definition) is 2. The minimum absolute atomic E-state index is 0.366. The van der Waals surface area contributed by atoms with Gasteiger partial charge in [-0.05, 0) is 31.2 Å². The zero-order valence-corrected chi connectivity index (χ0v) is 6.90. The minimum Gasteiger partial charge on any atom is -0.258 e. The predicted molar refractivity (Wildman–Crippen MR) is 44.3 cm³/mol. The van der Waals surface area contributed by atoms with Crippen molar-refractivity contribution in [1.82, 2.24) is 9.78 Å². The van der Waals surface area contributed by atoms with Crippen molar-refractivity contribution < 1.29 is 0 Å². The monoisotopic (exact) mass is 161 g/mol. The van der Waals surface area contributed by atoms with Gasteiger partial charge in [-0.3, -0.25) is 4.68 Å². The van der Waals surface area contributed by atoms with Crippen LogP contribution < -0.4 is 0 Å². The van der Waals surface area contributed by atoms with Crippen LogP contribution in [0.5, 0.6) is 0 Å². The summed E-state index contributed by atoms with van der Waals surface area (Å²) in [6.45, 7) is 0.366. The Hall–Kier alpha value is -1.30. The van der Waals surface area contributed by atoms with Gasteiger partial charge in [-0.2, -0.15) is 10.4 Å². The molecule has 1 aliphatic rings. The van der Waals surface area contributed by atoms with E-state index in [2.05, 4.69) is 11.2 Å². The first-order valence-electron chi connectivity index (χ1n) is 4.28. The Bertz CT molecular complexity index is 304. The summed E-state index contributed by atoms with van der Waals surface area (Å²) in [6.07, 6.45) is 5.68. The van der Waals surface area contributed by atoms with Crippen LogP contribution in [0.2, 0.25) is 0 Å². The number of nitriles is 1. The van der Waals surface area contributed by atoms with Crippen molar-refractivity contribution in [3.8, 4) is 6.07 Å². The van der Waals surface area contributed by atoms with Crippen LogP contribution in [-0.4, -0.2) is 9.78 Å². The molecule has 0 spiro atoms. The summed E-state index contributed by atoms with van der Waals surface area (Å²) in [4.78, 5) is 0. The molecular formula is C9H11N3. The smallest absolute Gasteiger partial charge is 0.128 e. The Kier molecular flexibility index (Phi) is 1.83. The van der Waals surface area contributed by atoms with Crippen LogP contribution in [-0.2, 0) is 13.0 Å². The van der Waals surface area contributed by atoms with Gasteiger partial charge in [0.1, 0.15) is 6.54 Å². The molecule has 62 valence electrons. The number of rotatable bonds is 3. The molecule has 0 amide bonds. The normalized spacial score (nSPS) is 15.9. The molecule has 0 bridgehead atoms. The maximum Gasteiger partial charge on any atom is 0.128 e. The van der Waals surface area contributed by atoms with E-state index in [1.54, 1.807) is 4.68 Å². The third-order valence-electron chi connectivity index (χ3n) is 2.12.